The number of benzene rings is 1. The first-order valence-corrected chi connectivity index (χ1v) is 7.21. The van der Waals surface area contributed by atoms with Crippen LogP contribution >= 0.6 is 0 Å². The standard InChI is InChI=1S/C16H27NO/c1-3-4-5-6-7-8-12-18-16-14(2)10-9-11-15(16)13-17/h9-11H,3-8,12-13,17H2,1-2H3. The van der Waals surface area contributed by atoms with E-state index in [-0.39, 0.29) is 0 Å². The van der Waals surface area contributed by atoms with Crippen LogP contribution in [0, 0.1) is 6.92 Å². The summed E-state index contributed by atoms with van der Waals surface area (Å²) in [6.45, 7) is 5.68. The Hall–Kier alpha value is -1.02. The normalized spacial score (nSPS) is 10.6. The number of para-hydroxylation sites is 1. The molecule has 0 aromatic heterocycles. The fourth-order valence-corrected chi connectivity index (χ4v) is 2.14. The number of hydrogen-bond donors (Lipinski definition) is 1. The third-order valence-corrected chi connectivity index (χ3v) is 3.26. The molecule has 2 nitrogen and oxygen atoms in total. The first-order valence-electron chi connectivity index (χ1n) is 7.21. The lowest BCUT2D eigenvalue weighted by molar-refractivity contribution is 0.299. The molecule has 1 rings (SSSR count). The van der Waals surface area contributed by atoms with Gasteiger partial charge in [-0.1, -0.05) is 57.2 Å². The summed E-state index contributed by atoms with van der Waals surface area (Å²) in [7, 11) is 0. The molecule has 0 heterocycles. The van der Waals surface area contributed by atoms with E-state index in [2.05, 4.69) is 19.9 Å². The van der Waals surface area contributed by atoms with Crippen LogP contribution in [0.5, 0.6) is 5.75 Å². The largest absolute Gasteiger partial charge is 0.493 e. The summed E-state index contributed by atoms with van der Waals surface area (Å²) < 4.78 is 5.89. The van der Waals surface area contributed by atoms with Crippen molar-refractivity contribution in [3.8, 4) is 5.75 Å². The maximum Gasteiger partial charge on any atom is 0.126 e. The highest BCUT2D eigenvalue weighted by atomic mass is 16.5. The fraction of sp³-hybridized carbons (Fsp3) is 0.625. The summed E-state index contributed by atoms with van der Waals surface area (Å²) in [6.07, 6.45) is 7.76. The minimum absolute atomic E-state index is 0.549. The van der Waals surface area contributed by atoms with Gasteiger partial charge in [0.15, 0.2) is 0 Å². The molecule has 0 amide bonds. The van der Waals surface area contributed by atoms with Gasteiger partial charge >= 0.3 is 0 Å². The van der Waals surface area contributed by atoms with E-state index < -0.39 is 0 Å². The van der Waals surface area contributed by atoms with E-state index in [1.165, 1.54) is 37.7 Å². The Balaban J connectivity index is 2.26. The first kappa shape index (κ1) is 15.0. The third kappa shape index (κ3) is 5.09. The highest BCUT2D eigenvalue weighted by Gasteiger charge is 2.04. The van der Waals surface area contributed by atoms with Crippen molar-refractivity contribution in [3.63, 3.8) is 0 Å². The molecule has 0 fully saturated rings. The van der Waals surface area contributed by atoms with Crippen molar-refractivity contribution in [1.82, 2.24) is 0 Å². The summed E-state index contributed by atoms with van der Waals surface area (Å²) in [5.41, 5.74) is 8.02. The van der Waals surface area contributed by atoms with E-state index >= 15 is 0 Å². The molecule has 102 valence electrons. The first-order chi connectivity index (χ1) is 8.79. The van der Waals surface area contributed by atoms with E-state index in [0.29, 0.717) is 6.54 Å². The van der Waals surface area contributed by atoms with E-state index in [0.717, 1.165) is 24.3 Å². The zero-order valence-corrected chi connectivity index (χ0v) is 11.9. The van der Waals surface area contributed by atoms with Crippen LogP contribution in [0.3, 0.4) is 0 Å². The molecule has 0 unspecified atom stereocenters. The number of nitrogens with two attached hydrogens (primary N) is 1. The van der Waals surface area contributed by atoms with Crippen molar-refractivity contribution in [2.45, 2.75) is 58.9 Å². The van der Waals surface area contributed by atoms with Gasteiger partial charge in [0.2, 0.25) is 0 Å². The van der Waals surface area contributed by atoms with Crippen molar-refractivity contribution in [2.24, 2.45) is 5.73 Å². The highest BCUT2D eigenvalue weighted by molar-refractivity contribution is 5.40. The van der Waals surface area contributed by atoms with Gasteiger partial charge in [-0.2, -0.15) is 0 Å². The third-order valence-electron chi connectivity index (χ3n) is 3.26. The van der Waals surface area contributed by atoms with Gasteiger partial charge in [0.05, 0.1) is 6.61 Å². The molecule has 0 aliphatic heterocycles. The molecule has 0 spiro atoms. The van der Waals surface area contributed by atoms with Gasteiger partial charge in [-0.3, -0.25) is 0 Å². The van der Waals surface area contributed by atoms with E-state index in [9.17, 15) is 0 Å². The summed E-state index contributed by atoms with van der Waals surface area (Å²) in [6, 6.07) is 6.16. The van der Waals surface area contributed by atoms with Crippen molar-refractivity contribution in [2.75, 3.05) is 6.61 Å². The molecule has 2 heteroatoms. The molecule has 0 bridgehead atoms. The lowest BCUT2D eigenvalue weighted by Gasteiger charge is -2.13. The molecule has 18 heavy (non-hydrogen) atoms. The van der Waals surface area contributed by atoms with Gasteiger partial charge in [0.25, 0.3) is 0 Å². The van der Waals surface area contributed by atoms with Crippen molar-refractivity contribution in [3.05, 3.63) is 29.3 Å². The lowest BCUT2D eigenvalue weighted by atomic mass is 10.1. The molecular formula is C16H27NO. The SMILES string of the molecule is CCCCCCCCOc1c(C)cccc1CN. The highest BCUT2D eigenvalue weighted by Crippen LogP contribution is 2.23. The lowest BCUT2D eigenvalue weighted by Crippen LogP contribution is -2.05. The fourth-order valence-electron chi connectivity index (χ4n) is 2.14. The smallest absolute Gasteiger partial charge is 0.126 e. The van der Waals surface area contributed by atoms with Crippen LogP contribution in [0.25, 0.3) is 0 Å². The maximum absolute atomic E-state index is 5.89. The van der Waals surface area contributed by atoms with Crippen LogP contribution in [-0.2, 0) is 6.54 Å². The second kappa shape index (κ2) is 8.98. The summed E-state index contributed by atoms with van der Waals surface area (Å²) >= 11 is 0. The second-order valence-electron chi connectivity index (χ2n) is 4.88. The average molecular weight is 249 g/mol. The van der Waals surface area contributed by atoms with E-state index in [1.54, 1.807) is 0 Å². The minimum atomic E-state index is 0.549. The monoisotopic (exact) mass is 249 g/mol. The number of hydrogen-bond acceptors (Lipinski definition) is 2. The van der Waals surface area contributed by atoms with E-state index in [4.69, 9.17) is 10.5 Å². The van der Waals surface area contributed by atoms with E-state index in [1.807, 2.05) is 12.1 Å². The van der Waals surface area contributed by atoms with Gasteiger partial charge in [-0.05, 0) is 18.9 Å². The van der Waals surface area contributed by atoms with Crippen LogP contribution in [-0.4, -0.2) is 6.61 Å². The Kier molecular flexibility index (Phi) is 7.51. The number of aryl methyl sites for hydroxylation is 1. The van der Waals surface area contributed by atoms with Crippen LogP contribution in [0.4, 0.5) is 0 Å². The van der Waals surface area contributed by atoms with Gasteiger partial charge in [0.1, 0.15) is 5.75 Å². The Bertz CT molecular complexity index is 336. The zero-order valence-electron chi connectivity index (χ0n) is 11.9. The number of rotatable bonds is 9. The van der Waals surface area contributed by atoms with Crippen molar-refractivity contribution >= 4 is 0 Å². The molecule has 0 aliphatic carbocycles. The molecule has 0 radical (unpaired) electrons. The molecule has 0 saturated carbocycles. The molecule has 0 aliphatic rings. The Morgan fingerprint density at radius 3 is 2.50 bits per heavy atom. The van der Waals surface area contributed by atoms with Crippen LogP contribution < -0.4 is 10.5 Å². The van der Waals surface area contributed by atoms with Crippen molar-refractivity contribution in [1.29, 1.82) is 0 Å². The Morgan fingerprint density at radius 2 is 1.78 bits per heavy atom. The number of unbranched alkanes of at least 4 members (excludes halogenated alkanes) is 5. The number of ether oxygens (including phenoxy) is 1. The van der Waals surface area contributed by atoms with Gasteiger partial charge < -0.3 is 10.5 Å². The predicted octanol–water partition coefficient (Wildman–Crippen LogP) is 4.19. The van der Waals surface area contributed by atoms with Gasteiger partial charge in [-0.15, -0.1) is 0 Å². The molecule has 0 saturated heterocycles. The molecule has 1 aromatic rings. The summed E-state index contributed by atoms with van der Waals surface area (Å²) in [5.74, 6) is 0.994. The molecule has 0 atom stereocenters. The van der Waals surface area contributed by atoms with Gasteiger partial charge in [0, 0.05) is 12.1 Å². The van der Waals surface area contributed by atoms with Gasteiger partial charge in [-0.25, -0.2) is 0 Å². The Morgan fingerprint density at radius 1 is 1.06 bits per heavy atom. The van der Waals surface area contributed by atoms with Crippen molar-refractivity contribution < 1.29 is 4.74 Å². The van der Waals surface area contributed by atoms with Crippen LogP contribution in [0.15, 0.2) is 18.2 Å². The zero-order chi connectivity index (χ0) is 13.2. The second-order valence-corrected chi connectivity index (χ2v) is 4.88. The summed E-state index contributed by atoms with van der Waals surface area (Å²) in [5, 5.41) is 0. The molecular weight excluding hydrogens is 222 g/mol. The maximum atomic E-state index is 5.89. The Labute approximate surface area is 112 Å². The topological polar surface area (TPSA) is 35.2 Å². The molecule has 1 aromatic carbocycles. The average Bonchev–Trinajstić information content (AvgIpc) is 2.39. The quantitative estimate of drug-likeness (QED) is 0.666. The van der Waals surface area contributed by atoms with Crippen LogP contribution in [0.1, 0.15) is 56.6 Å². The minimum Gasteiger partial charge on any atom is -0.493 e. The van der Waals surface area contributed by atoms with Crippen LogP contribution in [0.2, 0.25) is 0 Å². The predicted molar refractivity (Wildman–Crippen MR) is 77.9 cm³/mol. The molecule has 2 N–H and O–H groups in total. The summed E-state index contributed by atoms with van der Waals surface area (Å²) in [4.78, 5) is 0.